The summed E-state index contributed by atoms with van der Waals surface area (Å²) in [5.41, 5.74) is 6.45. The summed E-state index contributed by atoms with van der Waals surface area (Å²) in [7, 11) is 1.89. The molecule has 0 unspecified atom stereocenters. The number of amides is 1. The molecule has 8 nitrogen and oxygen atoms in total. The highest BCUT2D eigenvalue weighted by Gasteiger charge is 2.32. The number of benzene rings is 1. The van der Waals surface area contributed by atoms with Crippen LogP contribution >= 0.6 is 11.8 Å². The molecule has 1 amide bonds. The van der Waals surface area contributed by atoms with E-state index >= 15 is 0 Å². The Morgan fingerprint density at radius 3 is 2.48 bits per heavy atom. The van der Waals surface area contributed by atoms with Crippen molar-refractivity contribution < 1.29 is 4.79 Å². The molecule has 1 fully saturated rings. The molecule has 33 heavy (non-hydrogen) atoms. The van der Waals surface area contributed by atoms with Crippen LogP contribution in [0.5, 0.6) is 0 Å². The first-order chi connectivity index (χ1) is 15.8. The maximum Gasteiger partial charge on any atom is 0.330 e. The lowest BCUT2D eigenvalue weighted by molar-refractivity contribution is -0.120. The fourth-order valence-corrected chi connectivity index (χ4v) is 4.84. The number of hydrogen-bond acceptors (Lipinski definition) is 6. The molecule has 180 valence electrons. The van der Waals surface area contributed by atoms with Crippen LogP contribution in [0, 0.1) is 0 Å². The Kier molecular flexibility index (Phi) is 8.80. The molecular formula is C24H35N5O3S. The highest BCUT2D eigenvalue weighted by molar-refractivity contribution is 7.98. The molecule has 1 aromatic heterocycles. The lowest BCUT2D eigenvalue weighted by Gasteiger charge is -2.31. The Morgan fingerprint density at radius 2 is 1.88 bits per heavy atom. The number of likely N-dealkylation sites (N-methyl/N-ethyl adjacent to an activating group) is 1. The summed E-state index contributed by atoms with van der Waals surface area (Å²) in [6, 6.07) is 8.18. The number of unbranched alkanes of at least 4 members (excludes halogenated alkanes) is 1. The second kappa shape index (κ2) is 11.6. The van der Waals surface area contributed by atoms with Crippen molar-refractivity contribution in [2.24, 2.45) is 0 Å². The van der Waals surface area contributed by atoms with Crippen LogP contribution in [0.25, 0.3) is 0 Å². The molecule has 0 radical (unpaired) electrons. The zero-order chi connectivity index (χ0) is 24.0. The SMILES string of the molecule is CCCCn1c(N)c(N(C(=O)CN(C)Cc2ccc(SC)cc2)C2CCCC2)c(=O)[nH]c1=O. The predicted octanol–water partition coefficient (Wildman–Crippen LogP) is 3.05. The smallest absolute Gasteiger partial charge is 0.330 e. The minimum atomic E-state index is -0.596. The van der Waals surface area contributed by atoms with E-state index in [0.717, 1.165) is 44.1 Å². The van der Waals surface area contributed by atoms with Crippen molar-refractivity contribution in [3.63, 3.8) is 0 Å². The third-order valence-corrected chi connectivity index (χ3v) is 6.91. The van der Waals surface area contributed by atoms with Crippen LogP contribution in [0.3, 0.4) is 0 Å². The van der Waals surface area contributed by atoms with Crippen LogP contribution in [-0.2, 0) is 17.9 Å². The monoisotopic (exact) mass is 473 g/mol. The number of nitrogens with zero attached hydrogens (tertiary/aromatic N) is 3. The first kappa shape index (κ1) is 25.1. The largest absolute Gasteiger partial charge is 0.383 e. The zero-order valence-electron chi connectivity index (χ0n) is 19.8. The van der Waals surface area contributed by atoms with Crippen molar-refractivity contribution in [2.75, 3.05) is 30.5 Å². The van der Waals surface area contributed by atoms with Crippen LogP contribution in [0.1, 0.15) is 51.0 Å². The lowest BCUT2D eigenvalue weighted by atomic mass is 10.1. The van der Waals surface area contributed by atoms with Gasteiger partial charge in [0.15, 0.2) is 5.69 Å². The van der Waals surface area contributed by atoms with Crippen LogP contribution in [-0.4, -0.2) is 46.2 Å². The van der Waals surface area contributed by atoms with Gasteiger partial charge in [0.05, 0.1) is 6.54 Å². The topological polar surface area (TPSA) is 104 Å². The van der Waals surface area contributed by atoms with Gasteiger partial charge in [-0.05, 0) is 50.3 Å². The molecule has 3 N–H and O–H groups in total. The van der Waals surface area contributed by atoms with Crippen molar-refractivity contribution >= 4 is 29.2 Å². The summed E-state index contributed by atoms with van der Waals surface area (Å²) in [5, 5.41) is 0. The number of aromatic nitrogens is 2. The van der Waals surface area contributed by atoms with Gasteiger partial charge >= 0.3 is 5.69 Å². The van der Waals surface area contributed by atoms with Crippen LogP contribution in [0.4, 0.5) is 11.5 Å². The van der Waals surface area contributed by atoms with Crippen LogP contribution in [0.15, 0.2) is 38.8 Å². The number of thioether (sulfide) groups is 1. The fraction of sp³-hybridized carbons (Fsp3) is 0.542. The molecule has 0 aliphatic heterocycles. The first-order valence-corrected chi connectivity index (χ1v) is 12.8. The highest BCUT2D eigenvalue weighted by Crippen LogP contribution is 2.29. The van der Waals surface area contributed by atoms with E-state index in [-0.39, 0.29) is 30.0 Å². The maximum atomic E-state index is 13.5. The van der Waals surface area contributed by atoms with E-state index in [1.54, 1.807) is 16.7 Å². The number of H-pyrrole nitrogens is 1. The standard InChI is InChI=1S/C24H35N5O3S/c1-4-5-14-28-22(25)21(23(31)26-24(28)32)29(18-8-6-7-9-18)20(30)16-27(2)15-17-10-12-19(33-3)13-11-17/h10-13,18H,4-9,14-16,25H2,1-3H3,(H,26,31,32). The normalized spacial score (nSPS) is 14.2. The average Bonchev–Trinajstić information content (AvgIpc) is 3.31. The van der Waals surface area contributed by atoms with Crippen LogP contribution < -0.4 is 21.9 Å². The summed E-state index contributed by atoms with van der Waals surface area (Å²) in [6.07, 6.45) is 7.31. The quantitative estimate of drug-likeness (QED) is 0.514. The number of anilines is 2. The van der Waals surface area contributed by atoms with E-state index in [4.69, 9.17) is 5.73 Å². The molecule has 1 aliphatic rings. The second-order valence-corrected chi connectivity index (χ2v) is 9.60. The molecule has 0 bridgehead atoms. The van der Waals surface area contributed by atoms with Gasteiger partial charge in [-0.1, -0.05) is 38.3 Å². The predicted molar refractivity (Wildman–Crippen MR) is 135 cm³/mol. The number of carbonyl (C=O) groups excluding carboxylic acids is 1. The van der Waals surface area contributed by atoms with E-state index in [2.05, 4.69) is 29.2 Å². The first-order valence-electron chi connectivity index (χ1n) is 11.6. The van der Waals surface area contributed by atoms with Crippen molar-refractivity contribution in [1.29, 1.82) is 0 Å². The van der Waals surface area contributed by atoms with E-state index in [1.807, 2.05) is 25.1 Å². The van der Waals surface area contributed by atoms with Crippen molar-refractivity contribution in [1.82, 2.24) is 14.5 Å². The molecule has 3 rings (SSSR count). The van der Waals surface area contributed by atoms with Gasteiger partial charge in [-0.15, -0.1) is 11.8 Å². The Balaban J connectivity index is 1.87. The zero-order valence-corrected chi connectivity index (χ0v) is 20.6. The van der Waals surface area contributed by atoms with Gasteiger partial charge in [0.1, 0.15) is 5.82 Å². The molecule has 1 aromatic carbocycles. The molecular weight excluding hydrogens is 438 g/mol. The van der Waals surface area contributed by atoms with Crippen LogP contribution in [0.2, 0.25) is 0 Å². The number of nitrogen functional groups attached to an aromatic ring is 1. The van der Waals surface area contributed by atoms with Gasteiger partial charge in [0.25, 0.3) is 5.56 Å². The fourth-order valence-electron chi connectivity index (χ4n) is 4.43. The molecule has 0 spiro atoms. The third kappa shape index (κ3) is 6.09. The maximum absolute atomic E-state index is 13.5. The van der Waals surface area contributed by atoms with E-state index in [1.165, 1.54) is 9.46 Å². The van der Waals surface area contributed by atoms with Crippen molar-refractivity contribution in [3.05, 3.63) is 50.7 Å². The minimum absolute atomic E-state index is 0.0766. The Labute approximate surface area is 199 Å². The summed E-state index contributed by atoms with van der Waals surface area (Å²) in [4.78, 5) is 45.9. The minimum Gasteiger partial charge on any atom is -0.383 e. The van der Waals surface area contributed by atoms with Gasteiger partial charge < -0.3 is 10.6 Å². The van der Waals surface area contributed by atoms with E-state index < -0.39 is 11.2 Å². The van der Waals surface area contributed by atoms with Gasteiger partial charge in [0, 0.05) is 24.0 Å². The molecule has 2 aromatic rings. The lowest BCUT2D eigenvalue weighted by Crippen LogP contribution is -2.48. The third-order valence-electron chi connectivity index (χ3n) is 6.17. The Hall–Kier alpha value is -2.52. The van der Waals surface area contributed by atoms with Gasteiger partial charge in [-0.2, -0.15) is 0 Å². The summed E-state index contributed by atoms with van der Waals surface area (Å²) < 4.78 is 1.38. The average molecular weight is 474 g/mol. The molecule has 1 aliphatic carbocycles. The number of nitrogens with two attached hydrogens (primary N) is 1. The Bertz CT molecular complexity index is 1060. The van der Waals surface area contributed by atoms with Crippen molar-refractivity contribution in [3.8, 4) is 0 Å². The van der Waals surface area contributed by atoms with Gasteiger partial charge in [0.2, 0.25) is 5.91 Å². The Morgan fingerprint density at radius 1 is 1.21 bits per heavy atom. The molecule has 1 heterocycles. The molecule has 9 heteroatoms. The molecule has 0 saturated heterocycles. The summed E-state index contributed by atoms with van der Waals surface area (Å²) in [6.45, 7) is 3.19. The highest BCUT2D eigenvalue weighted by atomic mass is 32.2. The van der Waals surface area contributed by atoms with E-state index in [0.29, 0.717) is 13.1 Å². The number of rotatable bonds is 10. The summed E-state index contributed by atoms with van der Waals surface area (Å²) >= 11 is 1.69. The molecule has 1 saturated carbocycles. The van der Waals surface area contributed by atoms with E-state index in [9.17, 15) is 14.4 Å². The van der Waals surface area contributed by atoms with Gasteiger partial charge in [-0.3, -0.25) is 24.0 Å². The second-order valence-electron chi connectivity index (χ2n) is 8.72. The number of aromatic amines is 1. The van der Waals surface area contributed by atoms with Gasteiger partial charge in [-0.25, -0.2) is 4.79 Å². The number of hydrogen-bond donors (Lipinski definition) is 2. The number of nitrogens with one attached hydrogen (secondary N) is 1. The van der Waals surface area contributed by atoms with Crippen molar-refractivity contribution in [2.45, 2.75) is 69.5 Å². The number of carbonyl (C=O) groups is 1. The summed E-state index contributed by atoms with van der Waals surface area (Å²) in [5.74, 6) is -0.101. The molecule has 0 atom stereocenters.